The van der Waals surface area contributed by atoms with Crippen LogP contribution in [0.15, 0.2) is 60.7 Å². The van der Waals surface area contributed by atoms with E-state index >= 15 is 0 Å². The van der Waals surface area contributed by atoms with Crippen LogP contribution in [0.1, 0.15) is 31.3 Å². The van der Waals surface area contributed by atoms with Crippen molar-refractivity contribution in [3.8, 4) is 11.3 Å². The van der Waals surface area contributed by atoms with Gasteiger partial charge in [-0.1, -0.05) is 42.5 Å². The van der Waals surface area contributed by atoms with Gasteiger partial charge in [-0.15, -0.1) is 0 Å². The van der Waals surface area contributed by atoms with E-state index in [0.717, 1.165) is 5.56 Å². The normalized spacial score (nSPS) is 15.6. The summed E-state index contributed by atoms with van der Waals surface area (Å²) in [7, 11) is 0. The van der Waals surface area contributed by atoms with Crippen LogP contribution in [0.25, 0.3) is 11.3 Å². The summed E-state index contributed by atoms with van der Waals surface area (Å²) in [4.78, 5) is 39.8. The van der Waals surface area contributed by atoms with Crippen molar-refractivity contribution in [1.29, 1.82) is 0 Å². The van der Waals surface area contributed by atoms with Crippen LogP contribution in [-0.4, -0.2) is 39.6 Å². The molecule has 31 heavy (non-hydrogen) atoms. The average Bonchev–Trinajstić information content (AvgIpc) is 3.25. The molecule has 2 aromatic carbocycles. The third-order valence-electron chi connectivity index (χ3n) is 5.23. The van der Waals surface area contributed by atoms with Crippen LogP contribution in [0.3, 0.4) is 0 Å². The van der Waals surface area contributed by atoms with Crippen molar-refractivity contribution in [2.75, 3.05) is 10.2 Å². The van der Waals surface area contributed by atoms with Gasteiger partial charge in [0.25, 0.3) is 5.91 Å². The molecule has 2 heterocycles. The molecule has 3 aromatic rings. The molecule has 1 aliphatic rings. The molecule has 0 saturated heterocycles. The number of carbonyl (C=O) groups is 3. The average molecular weight is 418 g/mol. The van der Waals surface area contributed by atoms with Gasteiger partial charge in [0.05, 0.1) is 17.1 Å². The van der Waals surface area contributed by atoms with Gasteiger partial charge in [-0.3, -0.25) is 19.6 Å². The Morgan fingerprint density at radius 1 is 1.06 bits per heavy atom. The number of aromatic amines is 1. The summed E-state index contributed by atoms with van der Waals surface area (Å²) in [5.41, 5.74) is 1.50. The first-order valence-electron chi connectivity index (χ1n) is 9.85. The lowest BCUT2D eigenvalue weighted by molar-refractivity contribution is -0.131. The number of ether oxygens (including phenoxy) is 1. The zero-order chi connectivity index (χ0) is 22.2. The maximum Gasteiger partial charge on any atom is 0.357 e. The van der Waals surface area contributed by atoms with E-state index in [-0.39, 0.29) is 11.6 Å². The van der Waals surface area contributed by atoms with Gasteiger partial charge in [-0.2, -0.15) is 5.10 Å². The summed E-state index contributed by atoms with van der Waals surface area (Å²) in [6.07, 6.45) is -1.12. The number of benzene rings is 2. The third kappa shape index (κ3) is 3.68. The van der Waals surface area contributed by atoms with Gasteiger partial charge in [0.15, 0.2) is 6.10 Å². The van der Waals surface area contributed by atoms with E-state index in [4.69, 9.17) is 4.74 Å². The number of aromatic nitrogens is 2. The number of para-hydroxylation sites is 2. The van der Waals surface area contributed by atoms with E-state index in [2.05, 4.69) is 15.5 Å². The molecule has 0 spiro atoms. The Balaban J connectivity index is 1.54. The van der Waals surface area contributed by atoms with Crippen LogP contribution in [0, 0.1) is 0 Å². The summed E-state index contributed by atoms with van der Waals surface area (Å²) in [6.45, 7) is 4.78. The number of hydrogen-bond acceptors (Lipinski definition) is 5. The minimum absolute atomic E-state index is 0.134. The molecule has 8 heteroatoms. The largest absolute Gasteiger partial charge is 0.448 e. The minimum atomic E-state index is -1.15. The molecule has 1 atom stereocenters. The number of H-pyrrole nitrogens is 1. The van der Waals surface area contributed by atoms with Gasteiger partial charge >= 0.3 is 5.97 Å². The molecular weight excluding hydrogens is 396 g/mol. The molecule has 0 fully saturated rings. The van der Waals surface area contributed by atoms with Crippen molar-refractivity contribution in [2.45, 2.75) is 32.4 Å². The summed E-state index contributed by atoms with van der Waals surface area (Å²) in [6, 6.07) is 18.0. The van der Waals surface area contributed by atoms with E-state index in [1.165, 1.54) is 11.8 Å². The molecule has 1 aromatic heterocycles. The zero-order valence-corrected chi connectivity index (χ0v) is 17.4. The van der Waals surface area contributed by atoms with E-state index in [0.29, 0.717) is 17.1 Å². The number of esters is 1. The topological polar surface area (TPSA) is 104 Å². The molecular formula is C23H22N4O4. The molecule has 0 saturated carbocycles. The molecule has 1 aliphatic heterocycles. The number of nitrogens with zero attached hydrogens (tertiary/aromatic N) is 2. The number of fused-ring (bicyclic) bond motifs is 1. The predicted molar refractivity (Wildman–Crippen MR) is 116 cm³/mol. The van der Waals surface area contributed by atoms with Crippen molar-refractivity contribution in [1.82, 2.24) is 10.2 Å². The standard InChI is InChI=1S/C23H22N4O4/c1-14(31-21(29)18-13-17(25-26-18)15-9-5-4-6-10-15)20(28)27-19-12-8-7-11-16(19)24-22(30)23(27,2)3/h4-14H,1-3H3,(H,24,30)(H,25,26)/t14-/m0/s1. The van der Waals surface area contributed by atoms with Gasteiger partial charge in [0.1, 0.15) is 11.2 Å². The quantitative estimate of drug-likeness (QED) is 0.632. The Bertz CT molecular complexity index is 1150. The molecule has 0 aliphatic carbocycles. The van der Waals surface area contributed by atoms with Crippen LogP contribution in [-0.2, 0) is 14.3 Å². The number of anilines is 2. The maximum atomic E-state index is 13.3. The molecule has 0 bridgehead atoms. The monoisotopic (exact) mass is 418 g/mol. The molecule has 8 nitrogen and oxygen atoms in total. The summed E-state index contributed by atoms with van der Waals surface area (Å²) in [5, 5.41) is 9.60. The number of carbonyl (C=O) groups excluding carboxylic acids is 3. The SMILES string of the molecule is C[C@H](OC(=O)c1cc(-c2ccccc2)n[nH]1)C(=O)N1c2ccccc2NC(=O)C1(C)C. The Morgan fingerprint density at radius 3 is 2.48 bits per heavy atom. The van der Waals surface area contributed by atoms with Gasteiger partial charge in [-0.25, -0.2) is 4.79 Å². The van der Waals surface area contributed by atoms with Crippen molar-refractivity contribution < 1.29 is 19.1 Å². The fourth-order valence-electron chi connectivity index (χ4n) is 3.49. The summed E-state index contributed by atoms with van der Waals surface area (Å²) < 4.78 is 5.41. The van der Waals surface area contributed by atoms with E-state index in [9.17, 15) is 14.4 Å². The number of rotatable bonds is 4. The molecule has 0 unspecified atom stereocenters. The Labute approximate surface area is 179 Å². The second-order valence-corrected chi connectivity index (χ2v) is 7.78. The van der Waals surface area contributed by atoms with Crippen LogP contribution < -0.4 is 10.2 Å². The second kappa shape index (κ2) is 7.71. The predicted octanol–water partition coefficient (Wildman–Crippen LogP) is 3.39. The van der Waals surface area contributed by atoms with Crippen molar-refractivity contribution >= 4 is 29.2 Å². The van der Waals surface area contributed by atoms with Crippen molar-refractivity contribution in [3.63, 3.8) is 0 Å². The maximum absolute atomic E-state index is 13.3. The van der Waals surface area contributed by atoms with Crippen LogP contribution >= 0.6 is 0 Å². The first-order chi connectivity index (χ1) is 14.8. The lowest BCUT2D eigenvalue weighted by atomic mass is 9.95. The lowest BCUT2D eigenvalue weighted by Gasteiger charge is -2.42. The van der Waals surface area contributed by atoms with Gasteiger partial charge in [0, 0.05) is 5.56 Å². The first-order valence-corrected chi connectivity index (χ1v) is 9.85. The fraction of sp³-hybridized carbons (Fsp3) is 0.217. The highest BCUT2D eigenvalue weighted by Crippen LogP contribution is 2.37. The highest BCUT2D eigenvalue weighted by Gasteiger charge is 2.45. The summed E-state index contributed by atoms with van der Waals surface area (Å²) in [5.74, 6) is -1.52. The molecule has 158 valence electrons. The number of nitrogens with one attached hydrogen (secondary N) is 2. The second-order valence-electron chi connectivity index (χ2n) is 7.78. The molecule has 2 amide bonds. The smallest absolute Gasteiger partial charge is 0.357 e. The highest BCUT2D eigenvalue weighted by molar-refractivity contribution is 6.15. The molecule has 0 radical (unpaired) electrons. The van der Waals surface area contributed by atoms with Gasteiger partial charge in [0.2, 0.25) is 5.91 Å². The Hall–Kier alpha value is -3.94. The van der Waals surface area contributed by atoms with Crippen LogP contribution in [0.5, 0.6) is 0 Å². The lowest BCUT2D eigenvalue weighted by Crippen LogP contribution is -2.60. The van der Waals surface area contributed by atoms with Crippen LogP contribution in [0.4, 0.5) is 11.4 Å². The highest BCUT2D eigenvalue weighted by atomic mass is 16.5. The first kappa shape index (κ1) is 20.3. The number of amides is 2. The Kier molecular flexibility index (Phi) is 5.06. The van der Waals surface area contributed by atoms with E-state index in [1.807, 2.05) is 30.3 Å². The summed E-state index contributed by atoms with van der Waals surface area (Å²) >= 11 is 0. The molecule has 4 rings (SSSR count). The fourth-order valence-corrected chi connectivity index (χ4v) is 3.49. The zero-order valence-electron chi connectivity index (χ0n) is 17.4. The third-order valence-corrected chi connectivity index (χ3v) is 5.23. The van der Waals surface area contributed by atoms with Crippen LogP contribution in [0.2, 0.25) is 0 Å². The molecule has 2 N–H and O–H groups in total. The van der Waals surface area contributed by atoms with Gasteiger partial charge < -0.3 is 10.1 Å². The Morgan fingerprint density at radius 2 is 1.74 bits per heavy atom. The minimum Gasteiger partial charge on any atom is -0.448 e. The van der Waals surface area contributed by atoms with E-state index < -0.39 is 23.5 Å². The van der Waals surface area contributed by atoms with Crippen molar-refractivity contribution in [2.24, 2.45) is 0 Å². The van der Waals surface area contributed by atoms with Crippen molar-refractivity contribution in [3.05, 3.63) is 66.4 Å². The van der Waals surface area contributed by atoms with Gasteiger partial charge in [-0.05, 0) is 39.0 Å². The number of hydrogen-bond donors (Lipinski definition) is 2. The van der Waals surface area contributed by atoms with E-state index in [1.54, 1.807) is 44.2 Å².